The Bertz CT molecular complexity index is 767. The van der Waals surface area contributed by atoms with Crippen molar-refractivity contribution in [2.45, 2.75) is 52.6 Å². The number of thiophene rings is 1. The number of ether oxygens (including phenoxy) is 1. The largest absolute Gasteiger partial charge is 0.373 e. The van der Waals surface area contributed by atoms with Crippen LogP contribution in [0.2, 0.25) is 0 Å². The molecule has 2 atom stereocenters. The first-order chi connectivity index (χ1) is 13.5. The third kappa shape index (κ3) is 7.88. The average Bonchev–Trinajstić information content (AvgIpc) is 3.07. The number of rotatable bonds is 6. The SMILES string of the molecule is CN=C(NCc1ccc(CN2CC(C)OC(C)C2)cc1)NCc1ccc(C)s1.I. The van der Waals surface area contributed by atoms with E-state index in [9.17, 15) is 0 Å². The van der Waals surface area contributed by atoms with Crippen LogP contribution in [0.3, 0.4) is 0 Å². The van der Waals surface area contributed by atoms with E-state index in [1.54, 1.807) is 0 Å². The molecule has 29 heavy (non-hydrogen) atoms. The number of nitrogens with zero attached hydrogens (tertiary/aromatic N) is 2. The Hall–Kier alpha value is -1.16. The summed E-state index contributed by atoms with van der Waals surface area (Å²) in [5.41, 5.74) is 2.60. The molecule has 0 amide bonds. The monoisotopic (exact) mass is 528 g/mol. The second-order valence-electron chi connectivity index (χ2n) is 7.56. The van der Waals surface area contributed by atoms with Crippen LogP contribution in [-0.4, -0.2) is 43.2 Å². The Balaban J connectivity index is 0.00000300. The second-order valence-corrected chi connectivity index (χ2v) is 8.93. The van der Waals surface area contributed by atoms with Gasteiger partial charge in [0.15, 0.2) is 5.96 Å². The third-order valence-corrected chi connectivity index (χ3v) is 5.83. The van der Waals surface area contributed by atoms with Crippen LogP contribution < -0.4 is 10.6 Å². The molecule has 0 radical (unpaired) electrons. The second kappa shape index (κ2) is 11.9. The van der Waals surface area contributed by atoms with Crippen LogP contribution in [0.4, 0.5) is 0 Å². The van der Waals surface area contributed by atoms with E-state index in [4.69, 9.17) is 4.74 Å². The van der Waals surface area contributed by atoms with Crippen LogP contribution in [0.15, 0.2) is 41.4 Å². The zero-order valence-corrected chi connectivity index (χ0v) is 20.9. The van der Waals surface area contributed by atoms with Crippen LogP contribution >= 0.6 is 35.3 Å². The van der Waals surface area contributed by atoms with Crippen molar-refractivity contribution < 1.29 is 4.74 Å². The standard InChI is InChI=1S/C22H32N4OS.HI/c1-16-13-26(14-17(2)27-16)15-20-8-6-19(7-9-20)11-24-22(23-4)25-12-21-10-5-18(3)28-21;/h5-10,16-17H,11-15H2,1-4H3,(H2,23,24,25);1H. The summed E-state index contributed by atoms with van der Waals surface area (Å²) in [6.07, 6.45) is 0.620. The number of benzene rings is 1. The van der Waals surface area contributed by atoms with Crippen molar-refractivity contribution in [1.29, 1.82) is 0 Å². The van der Waals surface area contributed by atoms with Gasteiger partial charge in [-0.05, 0) is 44.0 Å². The summed E-state index contributed by atoms with van der Waals surface area (Å²) in [5.74, 6) is 0.825. The Morgan fingerprint density at radius 2 is 1.66 bits per heavy atom. The first-order valence-electron chi connectivity index (χ1n) is 9.97. The normalized spacial score (nSPS) is 20.2. The van der Waals surface area contributed by atoms with Gasteiger partial charge in [0.25, 0.3) is 0 Å². The Labute approximate surface area is 196 Å². The van der Waals surface area contributed by atoms with E-state index in [0.717, 1.165) is 38.7 Å². The molecule has 1 aromatic heterocycles. The highest BCUT2D eigenvalue weighted by molar-refractivity contribution is 14.0. The van der Waals surface area contributed by atoms with Crippen LogP contribution in [0.1, 0.15) is 34.7 Å². The fraction of sp³-hybridized carbons (Fsp3) is 0.500. The van der Waals surface area contributed by atoms with Crippen LogP contribution in [0, 0.1) is 6.92 Å². The lowest BCUT2D eigenvalue weighted by Crippen LogP contribution is -2.44. The van der Waals surface area contributed by atoms with Gasteiger partial charge in [0.1, 0.15) is 0 Å². The van der Waals surface area contributed by atoms with Gasteiger partial charge in [-0.3, -0.25) is 9.89 Å². The number of aliphatic imine (C=N–C) groups is 1. The topological polar surface area (TPSA) is 48.9 Å². The highest BCUT2D eigenvalue weighted by Gasteiger charge is 2.21. The molecule has 1 fully saturated rings. The molecule has 0 saturated carbocycles. The number of morpholine rings is 1. The molecule has 2 heterocycles. The fourth-order valence-corrected chi connectivity index (χ4v) is 4.42. The number of hydrogen-bond donors (Lipinski definition) is 2. The van der Waals surface area contributed by atoms with Crippen LogP contribution in [0.25, 0.3) is 0 Å². The number of guanidine groups is 1. The summed E-state index contributed by atoms with van der Waals surface area (Å²) in [6, 6.07) is 13.2. The molecule has 1 aromatic carbocycles. The molecule has 2 unspecified atom stereocenters. The number of hydrogen-bond acceptors (Lipinski definition) is 4. The zero-order chi connectivity index (χ0) is 19.9. The predicted molar refractivity (Wildman–Crippen MR) is 133 cm³/mol. The summed E-state index contributed by atoms with van der Waals surface area (Å²) in [7, 11) is 1.81. The lowest BCUT2D eigenvalue weighted by molar-refractivity contribution is -0.0704. The fourth-order valence-electron chi connectivity index (χ4n) is 3.59. The maximum Gasteiger partial charge on any atom is 0.191 e. The van der Waals surface area contributed by atoms with Crippen LogP contribution in [-0.2, 0) is 24.4 Å². The van der Waals surface area contributed by atoms with Crippen molar-refractivity contribution in [2.24, 2.45) is 4.99 Å². The van der Waals surface area contributed by atoms with Crippen molar-refractivity contribution in [3.63, 3.8) is 0 Å². The van der Waals surface area contributed by atoms with Gasteiger partial charge in [-0.15, -0.1) is 35.3 Å². The van der Waals surface area contributed by atoms with E-state index in [0.29, 0.717) is 12.2 Å². The van der Waals surface area contributed by atoms with Crippen molar-refractivity contribution in [1.82, 2.24) is 15.5 Å². The summed E-state index contributed by atoms with van der Waals surface area (Å²) in [4.78, 5) is 9.44. The molecular formula is C22H33IN4OS. The quantitative estimate of drug-likeness (QED) is 0.336. The van der Waals surface area contributed by atoms with E-state index < -0.39 is 0 Å². The van der Waals surface area contributed by atoms with Gasteiger partial charge in [-0.1, -0.05) is 24.3 Å². The summed E-state index contributed by atoms with van der Waals surface area (Å²) in [6.45, 7) is 11.0. The molecule has 2 N–H and O–H groups in total. The number of halogens is 1. The van der Waals surface area contributed by atoms with Gasteiger partial charge in [-0.25, -0.2) is 0 Å². The molecule has 7 heteroatoms. The molecule has 5 nitrogen and oxygen atoms in total. The molecule has 1 aliphatic heterocycles. The van der Waals surface area contributed by atoms with E-state index in [2.05, 4.69) is 77.7 Å². The molecule has 0 aliphatic carbocycles. The average molecular weight is 529 g/mol. The molecule has 160 valence electrons. The Kier molecular flexibility index (Phi) is 9.88. The molecule has 1 aliphatic rings. The van der Waals surface area contributed by atoms with Gasteiger partial charge >= 0.3 is 0 Å². The summed E-state index contributed by atoms with van der Waals surface area (Å²) < 4.78 is 5.82. The predicted octanol–water partition coefficient (Wildman–Crippen LogP) is 4.15. The van der Waals surface area contributed by atoms with Gasteiger partial charge in [0.05, 0.1) is 18.8 Å². The lowest BCUT2D eigenvalue weighted by atomic mass is 10.1. The van der Waals surface area contributed by atoms with Gasteiger partial charge in [-0.2, -0.15) is 0 Å². The number of aryl methyl sites for hydroxylation is 1. The molecule has 0 spiro atoms. The van der Waals surface area contributed by atoms with Crippen molar-refractivity contribution in [3.8, 4) is 0 Å². The molecule has 1 saturated heterocycles. The lowest BCUT2D eigenvalue weighted by Gasteiger charge is -2.35. The Morgan fingerprint density at radius 3 is 2.24 bits per heavy atom. The molecule has 0 bridgehead atoms. The van der Waals surface area contributed by atoms with Crippen molar-refractivity contribution in [2.75, 3.05) is 20.1 Å². The minimum absolute atomic E-state index is 0. The molecule has 3 rings (SSSR count). The Morgan fingerprint density at radius 1 is 1.03 bits per heavy atom. The minimum atomic E-state index is 0. The maximum absolute atomic E-state index is 5.82. The molecular weight excluding hydrogens is 495 g/mol. The van der Waals surface area contributed by atoms with Gasteiger partial charge in [0.2, 0.25) is 0 Å². The van der Waals surface area contributed by atoms with Gasteiger partial charge < -0.3 is 15.4 Å². The highest BCUT2D eigenvalue weighted by Crippen LogP contribution is 2.15. The van der Waals surface area contributed by atoms with E-state index in [1.165, 1.54) is 20.9 Å². The third-order valence-electron chi connectivity index (χ3n) is 4.83. The molecule has 2 aromatic rings. The highest BCUT2D eigenvalue weighted by atomic mass is 127. The maximum atomic E-state index is 5.82. The number of nitrogens with one attached hydrogen (secondary N) is 2. The van der Waals surface area contributed by atoms with Crippen molar-refractivity contribution in [3.05, 3.63) is 57.3 Å². The van der Waals surface area contributed by atoms with E-state index in [1.807, 2.05) is 18.4 Å². The minimum Gasteiger partial charge on any atom is -0.373 e. The first kappa shape index (κ1) is 24.1. The summed E-state index contributed by atoms with van der Waals surface area (Å²) in [5, 5.41) is 6.77. The van der Waals surface area contributed by atoms with Crippen molar-refractivity contribution >= 4 is 41.3 Å². The van der Waals surface area contributed by atoms with E-state index in [-0.39, 0.29) is 24.0 Å². The first-order valence-corrected chi connectivity index (χ1v) is 10.8. The summed E-state index contributed by atoms with van der Waals surface area (Å²) >= 11 is 1.81. The smallest absolute Gasteiger partial charge is 0.191 e. The van der Waals surface area contributed by atoms with E-state index >= 15 is 0 Å². The van der Waals surface area contributed by atoms with Gasteiger partial charge in [0, 0.05) is 43.0 Å². The zero-order valence-electron chi connectivity index (χ0n) is 17.8. The van der Waals surface area contributed by atoms with Crippen LogP contribution in [0.5, 0.6) is 0 Å².